The van der Waals surface area contributed by atoms with Crippen LogP contribution in [0.2, 0.25) is 0 Å². The van der Waals surface area contributed by atoms with E-state index in [1.54, 1.807) is 30.0 Å². The molecule has 1 aliphatic carbocycles. The third-order valence-corrected chi connectivity index (χ3v) is 6.45. The van der Waals surface area contributed by atoms with E-state index in [9.17, 15) is 13.5 Å². The van der Waals surface area contributed by atoms with Crippen molar-refractivity contribution in [3.63, 3.8) is 0 Å². The van der Waals surface area contributed by atoms with Gasteiger partial charge in [-0.3, -0.25) is 0 Å². The van der Waals surface area contributed by atoms with Gasteiger partial charge < -0.3 is 5.11 Å². The van der Waals surface area contributed by atoms with E-state index in [0.29, 0.717) is 10.8 Å². The van der Waals surface area contributed by atoms with Gasteiger partial charge in [-0.1, -0.05) is 6.07 Å². The lowest BCUT2D eigenvalue weighted by atomic mass is 10.1. The van der Waals surface area contributed by atoms with Crippen molar-refractivity contribution in [3.8, 4) is 0 Å². The van der Waals surface area contributed by atoms with Gasteiger partial charge in [-0.2, -0.15) is 11.8 Å². The van der Waals surface area contributed by atoms with Crippen LogP contribution in [-0.2, 0) is 16.6 Å². The van der Waals surface area contributed by atoms with E-state index in [-0.39, 0.29) is 17.5 Å². The fourth-order valence-electron chi connectivity index (χ4n) is 2.53. The molecule has 0 radical (unpaired) electrons. The van der Waals surface area contributed by atoms with Crippen LogP contribution >= 0.6 is 11.8 Å². The topological polar surface area (TPSA) is 66.4 Å². The normalized spacial score (nSPS) is 23.1. The first kappa shape index (κ1) is 15.8. The monoisotopic (exact) mass is 315 g/mol. The lowest BCUT2D eigenvalue weighted by Crippen LogP contribution is -2.33. The molecule has 1 saturated carbocycles. The van der Waals surface area contributed by atoms with Crippen molar-refractivity contribution >= 4 is 21.8 Å². The highest BCUT2D eigenvalue weighted by atomic mass is 32.2. The van der Waals surface area contributed by atoms with Gasteiger partial charge in [-0.05, 0) is 55.7 Å². The average molecular weight is 315 g/mol. The minimum Gasteiger partial charge on any atom is -0.392 e. The van der Waals surface area contributed by atoms with Gasteiger partial charge in [-0.25, -0.2) is 13.1 Å². The molecule has 1 aliphatic rings. The number of benzene rings is 1. The molecular formula is C14H21NO3S2. The van der Waals surface area contributed by atoms with Crippen LogP contribution in [0.4, 0.5) is 0 Å². The smallest absolute Gasteiger partial charge is 0.240 e. The average Bonchev–Trinajstić information content (AvgIpc) is 2.86. The number of aliphatic hydroxyl groups excluding tert-OH is 1. The Labute approximate surface area is 125 Å². The fourth-order valence-corrected chi connectivity index (χ4v) is 4.66. The summed E-state index contributed by atoms with van der Waals surface area (Å²) in [5, 5.41) is 9.79. The van der Waals surface area contributed by atoms with Crippen LogP contribution in [-0.4, -0.2) is 31.1 Å². The van der Waals surface area contributed by atoms with Gasteiger partial charge in [0.05, 0.1) is 11.5 Å². The van der Waals surface area contributed by atoms with Crippen LogP contribution in [0, 0.1) is 6.92 Å². The molecule has 4 nitrogen and oxygen atoms in total. The summed E-state index contributed by atoms with van der Waals surface area (Å²) in [7, 11) is -3.50. The van der Waals surface area contributed by atoms with Crippen molar-refractivity contribution in [3.05, 3.63) is 29.3 Å². The van der Waals surface area contributed by atoms with E-state index in [1.807, 2.05) is 6.92 Å². The molecule has 0 aliphatic heterocycles. The van der Waals surface area contributed by atoms with Gasteiger partial charge in [0.1, 0.15) is 0 Å². The minimum absolute atomic E-state index is 0.0244. The Balaban J connectivity index is 2.14. The fraction of sp³-hybridized carbons (Fsp3) is 0.571. The number of hydrogen-bond donors (Lipinski definition) is 2. The Morgan fingerprint density at radius 3 is 2.75 bits per heavy atom. The SMILES string of the molecule is CSC1CCC(NS(=O)(=O)c2ccc(C)c(CO)c2)C1. The zero-order chi connectivity index (χ0) is 14.8. The first-order valence-corrected chi connectivity index (χ1v) is 9.49. The summed E-state index contributed by atoms with van der Waals surface area (Å²) in [4.78, 5) is 0.236. The number of sulfonamides is 1. The molecule has 0 aromatic heterocycles. The summed E-state index contributed by atoms with van der Waals surface area (Å²) >= 11 is 1.80. The Kier molecular flexibility index (Phi) is 5.12. The van der Waals surface area contributed by atoms with Crippen LogP contribution < -0.4 is 4.72 Å². The van der Waals surface area contributed by atoms with Crippen molar-refractivity contribution in [1.29, 1.82) is 0 Å². The lowest BCUT2D eigenvalue weighted by molar-refractivity contribution is 0.280. The standard InChI is InChI=1S/C14H21NO3S2/c1-10-3-6-14(7-11(10)9-16)20(17,18)15-12-4-5-13(8-12)19-2/h3,6-7,12-13,15-16H,4-5,8-9H2,1-2H3. The molecule has 1 aromatic carbocycles. The highest BCUT2D eigenvalue weighted by molar-refractivity contribution is 7.99. The van der Waals surface area contributed by atoms with Crippen LogP contribution in [0.5, 0.6) is 0 Å². The van der Waals surface area contributed by atoms with Crippen LogP contribution in [0.1, 0.15) is 30.4 Å². The first-order valence-electron chi connectivity index (χ1n) is 6.72. The van der Waals surface area contributed by atoms with Gasteiger partial charge in [-0.15, -0.1) is 0 Å². The second-order valence-electron chi connectivity index (χ2n) is 5.24. The number of rotatable bonds is 5. The summed E-state index contributed by atoms with van der Waals surface area (Å²) in [5.74, 6) is 0. The molecule has 2 N–H and O–H groups in total. The molecule has 0 bridgehead atoms. The van der Waals surface area contributed by atoms with E-state index in [0.717, 1.165) is 24.8 Å². The molecule has 1 aromatic rings. The molecule has 112 valence electrons. The first-order chi connectivity index (χ1) is 9.46. The van der Waals surface area contributed by atoms with E-state index in [1.165, 1.54) is 0 Å². The number of aryl methyl sites for hydroxylation is 1. The largest absolute Gasteiger partial charge is 0.392 e. The zero-order valence-electron chi connectivity index (χ0n) is 11.8. The Bertz CT molecular complexity index is 572. The van der Waals surface area contributed by atoms with E-state index in [2.05, 4.69) is 11.0 Å². The maximum absolute atomic E-state index is 12.4. The quantitative estimate of drug-likeness (QED) is 0.873. The van der Waals surface area contributed by atoms with Gasteiger partial charge in [0.25, 0.3) is 0 Å². The van der Waals surface area contributed by atoms with Crippen molar-refractivity contribution in [2.75, 3.05) is 6.26 Å². The molecular weight excluding hydrogens is 294 g/mol. The van der Waals surface area contributed by atoms with Gasteiger partial charge in [0, 0.05) is 11.3 Å². The molecule has 0 spiro atoms. The molecule has 2 unspecified atom stereocenters. The van der Waals surface area contributed by atoms with Crippen molar-refractivity contribution in [2.24, 2.45) is 0 Å². The van der Waals surface area contributed by atoms with Crippen LogP contribution in [0.25, 0.3) is 0 Å². The predicted octanol–water partition coefficient (Wildman–Crippen LogP) is 2.05. The van der Waals surface area contributed by atoms with E-state index < -0.39 is 10.0 Å². The zero-order valence-corrected chi connectivity index (χ0v) is 13.4. The molecule has 2 rings (SSSR count). The Morgan fingerprint density at radius 1 is 1.40 bits per heavy atom. The number of nitrogens with one attached hydrogen (secondary N) is 1. The molecule has 1 fully saturated rings. The Hall–Kier alpha value is -0.560. The predicted molar refractivity (Wildman–Crippen MR) is 82.4 cm³/mol. The summed E-state index contributed by atoms with van der Waals surface area (Å²) in [5.41, 5.74) is 1.55. The molecule has 0 saturated heterocycles. The number of thioether (sulfide) groups is 1. The second-order valence-corrected chi connectivity index (χ2v) is 8.09. The summed E-state index contributed by atoms with van der Waals surface area (Å²) in [6.07, 6.45) is 4.90. The van der Waals surface area contributed by atoms with Crippen LogP contribution in [0.3, 0.4) is 0 Å². The van der Waals surface area contributed by atoms with Crippen LogP contribution in [0.15, 0.2) is 23.1 Å². The molecule has 20 heavy (non-hydrogen) atoms. The van der Waals surface area contributed by atoms with Crippen molar-refractivity contribution < 1.29 is 13.5 Å². The highest BCUT2D eigenvalue weighted by Crippen LogP contribution is 2.29. The second kappa shape index (κ2) is 6.47. The molecule has 6 heteroatoms. The summed E-state index contributed by atoms with van der Waals surface area (Å²) in [6.45, 7) is 1.71. The Morgan fingerprint density at radius 2 is 2.15 bits per heavy atom. The molecule has 2 atom stereocenters. The van der Waals surface area contributed by atoms with Gasteiger partial charge in [0.15, 0.2) is 0 Å². The number of hydrogen-bond acceptors (Lipinski definition) is 4. The van der Waals surface area contributed by atoms with E-state index in [4.69, 9.17) is 0 Å². The number of aliphatic hydroxyl groups is 1. The third-order valence-electron chi connectivity index (χ3n) is 3.84. The minimum atomic E-state index is -3.50. The third kappa shape index (κ3) is 3.55. The van der Waals surface area contributed by atoms with Crippen molar-refractivity contribution in [2.45, 2.75) is 49.0 Å². The summed E-state index contributed by atoms with van der Waals surface area (Å²) < 4.78 is 27.5. The van der Waals surface area contributed by atoms with E-state index >= 15 is 0 Å². The van der Waals surface area contributed by atoms with Gasteiger partial charge in [0.2, 0.25) is 10.0 Å². The molecule has 0 amide bonds. The summed E-state index contributed by atoms with van der Waals surface area (Å²) in [6, 6.07) is 4.91. The van der Waals surface area contributed by atoms with Gasteiger partial charge >= 0.3 is 0 Å². The highest BCUT2D eigenvalue weighted by Gasteiger charge is 2.28. The van der Waals surface area contributed by atoms with Crippen molar-refractivity contribution in [1.82, 2.24) is 4.72 Å². The maximum Gasteiger partial charge on any atom is 0.240 e. The lowest BCUT2D eigenvalue weighted by Gasteiger charge is -2.14. The maximum atomic E-state index is 12.4. The molecule has 0 heterocycles.